The second-order valence-corrected chi connectivity index (χ2v) is 15.5. The van der Waals surface area contributed by atoms with Crippen LogP contribution < -0.4 is 20.7 Å². The third-order valence-electron chi connectivity index (χ3n) is 10.1. The van der Waals surface area contributed by atoms with Gasteiger partial charge in [-0.2, -0.15) is 5.26 Å². The molecule has 4 aromatic rings. The van der Waals surface area contributed by atoms with Gasteiger partial charge in [0.1, 0.15) is 34.9 Å². The minimum atomic E-state index is -1.78. The summed E-state index contributed by atoms with van der Waals surface area (Å²) in [6.07, 6.45) is -1.61. The number of aromatic nitrogens is 2. The van der Waals surface area contributed by atoms with Gasteiger partial charge in [0.25, 0.3) is 14.1 Å². The molecule has 0 spiro atoms. The first-order valence-corrected chi connectivity index (χ1v) is 19.5. The summed E-state index contributed by atoms with van der Waals surface area (Å²) in [6, 6.07) is 28.8. The van der Waals surface area contributed by atoms with E-state index in [9.17, 15) is 14.9 Å². The lowest BCUT2D eigenvalue weighted by atomic mass is 9.79. The summed E-state index contributed by atoms with van der Waals surface area (Å²) in [5.41, 5.74) is -1.20. The molecule has 2 unspecified atom stereocenters. The van der Waals surface area contributed by atoms with Crippen molar-refractivity contribution in [3.05, 3.63) is 129 Å². The van der Waals surface area contributed by atoms with E-state index in [0.29, 0.717) is 11.5 Å². The van der Waals surface area contributed by atoms with Crippen molar-refractivity contribution >= 4 is 8.53 Å². The van der Waals surface area contributed by atoms with Crippen molar-refractivity contribution in [2.24, 2.45) is 0 Å². The highest BCUT2D eigenvalue weighted by molar-refractivity contribution is 7.44. The van der Waals surface area contributed by atoms with Crippen LogP contribution in [-0.2, 0) is 28.9 Å². The van der Waals surface area contributed by atoms with Crippen molar-refractivity contribution < 1.29 is 32.7 Å². The van der Waals surface area contributed by atoms with Crippen LogP contribution in [0.4, 0.5) is 0 Å². The molecular weight excluding hydrogens is 723 g/mol. The highest BCUT2D eigenvalue weighted by Crippen LogP contribution is 2.58. The SMILES string of the molecule is COc1ccc(C(OC[C@@]23O[C@@H](n4ccc(=O)[nH]c4=O)[C@H](OC2C)[C@H]3OP(OCCC#N)N(C(C)C)C(C)C)(c2ccccc2)c2ccc(OC)cc2)cc1. The van der Waals surface area contributed by atoms with Gasteiger partial charge in [-0.05, 0) is 75.6 Å². The molecule has 3 heterocycles. The number of hydrogen-bond donors (Lipinski definition) is 1. The number of nitriles is 1. The number of methoxy groups -OCH3 is 2. The number of benzene rings is 3. The third-order valence-corrected chi connectivity index (χ3v) is 12.2. The number of rotatable bonds is 17. The number of hydrogen-bond acceptors (Lipinski definition) is 11. The molecule has 2 fully saturated rings. The minimum absolute atomic E-state index is 0.0206. The van der Waals surface area contributed by atoms with Crippen molar-refractivity contribution in [1.82, 2.24) is 14.2 Å². The maximum Gasteiger partial charge on any atom is 0.330 e. The number of nitrogens with one attached hydrogen (secondary N) is 1. The molecular formula is C41H49N4O9P. The lowest BCUT2D eigenvalue weighted by Crippen LogP contribution is -2.53. The molecule has 2 bridgehead atoms. The standard InChI is InChI=1S/C41H49N4O9P/c1-27(2)45(28(3)4)55(51-25-11-23-42)54-37-36-38(44-24-22-35(46)43-39(44)47)53-40(37,29(5)52-36)26-50-41(30-12-9-8-10-13-30,31-14-18-33(48-6)19-15-31)32-16-20-34(49-7)21-17-32/h8-10,12-22,24,27-29,36-38H,11,25-26H2,1-7H3,(H,43,46,47)/t29?,36-,37-,38-,40-,55?/m1/s1. The summed E-state index contributed by atoms with van der Waals surface area (Å²) in [5.74, 6) is 1.37. The van der Waals surface area contributed by atoms with Gasteiger partial charge in [0.05, 0.1) is 46.0 Å². The fraction of sp³-hybridized carbons (Fsp3) is 0.439. The molecule has 2 aliphatic heterocycles. The zero-order valence-electron chi connectivity index (χ0n) is 32.2. The molecule has 14 heteroatoms. The summed E-state index contributed by atoms with van der Waals surface area (Å²) in [7, 11) is 1.47. The maximum absolute atomic E-state index is 13.3. The van der Waals surface area contributed by atoms with E-state index in [1.54, 1.807) is 14.2 Å². The second kappa shape index (κ2) is 17.2. The number of ether oxygens (including phenoxy) is 5. The Morgan fingerprint density at radius 1 is 0.909 bits per heavy atom. The third kappa shape index (κ3) is 7.86. The molecule has 0 radical (unpaired) electrons. The predicted octanol–water partition coefficient (Wildman–Crippen LogP) is 6.28. The van der Waals surface area contributed by atoms with Crippen LogP contribution in [0.3, 0.4) is 0 Å². The number of H-pyrrole nitrogens is 1. The number of nitrogens with zero attached hydrogens (tertiary/aromatic N) is 3. The van der Waals surface area contributed by atoms with E-state index in [4.69, 9.17) is 32.7 Å². The van der Waals surface area contributed by atoms with Gasteiger partial charge in [-0.25, -0.2) is 9.46 Å². The molecule has 13 nitrogen and oxygen atoms in total. The summed E-state index contributed by atoms with van der Waals surface area (Å²) < 4.78 is 49.0. The number of fused-ring (bicyclic) bond motifs is 2. The first kappa shape index (κ1) is 40.3. The van der Waals surface area contributed by atoms with Gasteiger partial charge in [0.15, 0.2) is 6.23 Å². The molecule has 55 heavy (non-hydrogen) atoms. The summed E-state index contributed by atoms with van der Waals surface area (Å²) in [6.45, 7) is 10.2. The molecule has 0 amide bonds. The molecule has 0 saturated carbocycles. The van der Waals surface area contributed by atoms with Crippen LogP contribution in [0.5, 0.6) is 11.5 Å². The van der Waals surface area contributed by atoms with Gasteiger partial charge >= 0.3 is 5.69 Å². The van der Waals surface area contributed by atoms with Gasteiger partial charge in [0, 0.05) is 24.3 Å². The van der Waals surface area contributed by atoms with Gasteiger partial charge in [-0.3, -0.25) is 14.3 Å². The van der Waals surface area contributed by atoms with Crippen LogP contribution in [0.2, 0.25) is 0 Å². The van der Waals surface area contributed by atoms with Crippen LogP contribution in [0.25, 0.3) is 0 Å². The molecule has 6 rings (SSSR count). The molecule has 2 aliphatic rings. The molecule has 0 aliphatic carbocycles. The van der Waals surface area contributed by atoms with Gasteiger partial charge in [-0.1, -0.05) is 54.6 Å². The molecule has 292 valence electrons. The fourth-order valence-corrected chi connectivity index (χ4v) is 9.31. The lowest BCUT2D eigenvalue weighted by molar-refractivity contribution is -0.231. The van der Waals surface area contributed by atoms with E-state index in [-0.39, 0.29) is 31.7 Å². The van der Waals surface area contributed by atoms with E-state index in [1.807, 2.05) is 85.8 Å². The van der Waals surface area contributed by atoms with Crippen LogP contribution >= 0.6 is 8.53 Å². The maximum atomic E-state index is 13.3. The normalized spacial score (nSPS) is 22.6. The quantitative estimate of drug-likeness (QED) is 0.0735. The van der Waals surface area contributed by atoms with Crippen molar-refractivity contribution in [3.63, 3.8) is 0 Å². The van der Waals surface area contributed by atoms with Crippen molar-refractivity contribution in [2.45, 2.75) is 88.9 Å². The summed E-state index contributed by atoms with van der Waals surface area (Å²) in [4.78, 5) is 27.7. The van der Waals surface area contributed by atoms with Gasteiger partial charge in [-0.15, -0.1) is 0 Å². The van der Waals surface area contributed by atoms with E-state index in [0.717, 1.165) is 16.7 Å². The topological polar surface area (TPSA) is 147 Å². The van der Waals surface area contributed by atoms with Crippen molar-refractivity contribution in [1.29, 1.82) is 5.26 Å². The molecule has 1 N–H and O–H groups in total. The average molecular weight is 773 g/mol. The minimum Gasteiger partial charge on any atom is -0.497 e. The first-order chi connectivity index (χ1) is 26.5. The zero-order chi connectivity index (χ0) is 39.3. The van der Waals surface area contributed by atoms with Crippen LogP contribution in [0, 0.1) is 11.3 Å². The van der Waals surface area contributed by atoms with Crippen molar-refractivity contribution in [2.75, 3.05) is 27.4 Å². The Labute approximate surface area is 322 Å². The van der Waals surface area contributed by atoms with Crippen molar-refractivity contribution in [3.8, 4) is 17.6 Å². The zero-order valence-corrected chi connectivity index (χ0v) is 33.1. The summed E-state index contributed by atoms with van der Waals surface area (Å²) >= 11 is 0. The average Bonchev–Trinajstić information content (AvgIpc) is 3.62. The highest BCUT2D eigenvalue weighted by Gasteiger charge is 2.68. The van der Waals surface area contributed by atoms with Gasteiger partial charge < -0.3 is 32.7 Å². The Balaban J connectivity index is 1.51. The summed E-state index contributed by atoms with van der Waals surface area (Å²) in [5, 5.41) is 9.38. The fourth-order valence-electron chi connectivity index (χ4n) is 7.52. The Morgan fingerprint density at radius 2 is 1.49 bits per heavy atom. The number of aromatic amines is 1. The van der Waals surface area contributed by atoms with E-state index < -0.39 is 55.5 Å². The first-order valence-electron chi connectivity index (χ1n) is 18.4. The van der Waals surface area contributed by atoms with Crippen LogP contribution in [0.1, 0.15) is 64.0 Å². The largest absolute Gasteiger partial charge is 0.497 e. The van der Waals surface area contributed by atoms with E-state index in [1.165, 1.54) is 16.8 Å². The Kier molecular flexibility index (Phi) is 12.6. The molecule has 6 atom stereocenters. The Hall–Kier alpha value is -4.38. The molecule has 3 aromatic carbocycles. The Morgan fingerprint density at radius 3 is 2.02 bits per heavy atom. The Bertz CT molecular complexity index is 1980. The lowest BCUT2D eigenvalue weighted by Gasteiger charge is -2.43. The smallest absolute Gasteiger partial charge is 0.330 e. The molecule has 2 saturated heterocycles. The molecule has 1 aromatic heterocycles. The van der Waals surface area contributed by atoms with E-state index >= 15 is 0 Å². The predicted molar refractivity (Wildman–Crippen MR) is 207 cm³/mol. The second-order valence-electron chi connectivity index (χ2n) is 14.1. The van der Waals surface area contributed by atoms with E-state index in [2.05, 4.69) is 43.4 Å². The van der Waals surface area contributed by atoms with Crippen LogP contribution in [-0.4, -0.2) is 77.7 Å². The monoisotopic (exact) mass is 772 g/mol. The van der Waals surface area contributed by atoms with Gasteiger partial charge in [0.2, 0.25) is 0 Å². The van der Waals surface area contributed by atoms with Crippen LogP contribution in [0.15, 0.2) is 101 Å². The highest BCUT2D eigenvalue weighted by atomic mass is 31.2.